The second-order valence-electron chi connectivity index (χ2n) is 7.18. The summed E-state index contributed by atoms with van der Waals surface area (Å²) in [5.74, 6) is 1.29. The zero-order valence-corrected chi connectivity index (χ0v) is 12.2. The van der Waals surface area contributed by atoms with Crippen LogP contribution in [0.5, 0.6) is 0 Å². The molecule has 20 heavy (non-hydrogen) atoms. The van der Waals surface area contributed by atoms with Crippen molar-refractivity contribution in [1.82, 2.24) is 5.32 Å². The fourth-order valence-electron chi connectivity index (χ4n) is 4.80. The summed E-state index contributed by atoms with van der Waals surface area (Å²) in [6.45, 7) is 2.13. The van der Waals surface area contributed by atoms with Crippen LogP contribution < -0.4 is 5.32 Å². The van der Waals surface area contributed by atoms with Gasteiger partial charge in [-0.3, -0.25) is 9.59 Å². The Labute approximate surface area is 120 Å². The Morgan fingerprint density at radius 1 is 1.05 bits per heavy atom. The monoisotopic (exact) mass is 279 g/mol. The first kappa shape index (κ1) is 13.9. The number of nitrogens with one attached hydrogen (secondary N) is 1. The van der Waals surface area contributed by atoms with Crippen LogP contribution in [-0.4, -0.2) is 23.0 Å². The van der Waals surface area contributed by atoms with Gasteiger partial charge in [0.25, 0.3) is 0 Å². The Morgan fingerprint density at radius 2 is 1.80 bits per heavy atom. The zero-order chi connectivity index (χ0) is 14.3. The summed E-state index contributed by atoms with van der Waals surface area (Å²) in [5.41, 5.74) is 0. The van der Waals surface area contributed by atoms with E-state index in [-0.39, 0.29) is 23.8 Å². The normalized spacial score (nSPS) is 40.8. The molecule has 0 saturated heterocycles. The molecule has 4 heteroatoms. The van der Waals surface area contributed by atoms with Gasteiger partial charge in [0, 0.05) is 12.0 Å². The van der Waals surface area contributed by atoms with Crippen LogP contribution in [0.1, 0.15) is 51.9 Å². The van der Waals surface area contributed by atoms with Crippen LogP contribution in [0.25, 0.3) is 0 Å². The summed E-state index contributed by atoms with van der Waals surface area (Å²) < 4.78 is 0. The molecule has 1 amide bonds. The molecule has 3 aliphatic rings. The van der Waals surface area contributed by atoms with E-state index >= 15 is 0 Å². The molecule has 3 saturated carbocycles. The molecule has 0 aliphatic heterocycles. The average molecular weight is 279 g/mol. The fraction of sp³-hybridized carbons (Fsp3) is 0.875. The van der Waals surface area contributed by atoms with Gasteiger partial charge in [-0.1, -0.05) is 6.42 Å². The number of hydrogen-bond acceptors (Lipinski definition) is 2. The van der Waals surface area contributed by atoms with Crippen LogP contribution in [0.3, 0.4) is 0 Å². The Hall–Kier alpha value is -1.06. The predicted octanol–water partition coefficient (Wildman–Crippen LogP) is 2.43. The lowest BCUT2D eigenvalue weighted by atomic mass is 9.84. The molecule has 2 bridgehead atoms. The van der Waals surface area contributed by atoms with E-state index in [1.807, 2.05) is 0 Å². The van der Waals surface area contributed by atoms with E-state index in [1.165, 1.54) is 25.7 Å². The Kier molecular flexibility index (Phi) is 3.74. The van der Waals surface area contributed by atoms with E-state index in [1.54, 1.807) is 0 Å². The molecule has 0 aromatic heterocycles. The van der Waals surface area contributed by atoms with E-state index < -0.39 is 5.97 Å². The van der Waals surface area contributed by atoms with Gasteiger partial charge in [0.1, 0.15) is 0 Å². The van der Waals surface area contributed by atoms with Crippen molar-refractivity contribution in [3.63, 3.8) is 0 Å². The van der Waals surface area contributed by atoms with E-state index in [2.05, 4.69) is 12.2 Å². The van der Waals surface area contributed by atoms with E-state index in [4.69, 9.17) is 5.11 Å². The quantitative estimate of drug-likeness (QED) is 0.830. The first-order valence-electron chi connectivity index (χ1n) is 8.07. The molecule has 0 aromatic rings. The number of aliphatic carboxylic acids is 1. The van der Waals surface area contributed by atoms with Crippen molar-refractivity contribution in [2.24, 2.45) is 29.6 Å². The van der Waals surface area contributed by atoms with Crippen molar-refractivity contribution in [2.75, 3.05) is 0 Å². The highest BCUT2D eigenvalue weighted by Crippen LogP contribution is 2.49. The van der Waals surface area contributed by atoms with Crippen LogP contribution in [0, 0.1) is 29.6 Å². The smallest absolute Gasteiger partial charge is 0.306 e. The molecule has 4 nitrogen and oxygen atoms in total. The molecule has 3 aliphatic carbocycles. The lowest BCUT2D eigenvalue weighted by molar-refractivity contribution is -0.141. The molecule has 3 fully saturated rings. The highest BCUT2D eigenvalue weighted by Gasteiger charge is 2.43. The Balaban J connectivity index is 1.50. The first-order valence-corrected chi connectivity index (χ1v) is 8.07. The van der Waals surface area contributed by atoms with E-state index in [9.17, 15) is 9.59 Å². The summed E-state index contributed by atoms with van der Waals surface area (Å²) in [4.78, 5) is 23.2. The lowest BCUT2D eigenvalue weighted by Gasteiger charge is -2.29. The molecule has 3 rings (SSSR count). The number of carboxylic acid groups (broad SMARTS) is 1. The lowest BCUT2D eigenvalue weighted by Crippen LogP contribution is -2.42. The minimum atomic E-state index is -0.749. The van der Waals surface area contributed by atoms with Crippen LogP contribution in [-0.2, 0) is 9.59 Å². The number of fused-ring (bicyclic) bond motifs is 2. The van der Waals surface area contributed by atoms with Gasteiger partial charge in [0.2, 0.25) is 5.91 Å². The van der Waals surface area contributed by atoms with Crippen LogP contribution >= 0.6 is 0 Å². The highest BCUT2D eigenvalue weighted by atomic mass is 16.4. The van der Waals surface area contributed by atoms with Gasteiger partial charge < -0.3 is 10.4 Å². The fourth-order valence-corrected chi connectivity index (χ4v) is 4.80. The summed E-state index contributed by atoms with van der Waals surface area (Å²) in [6.07, 6.45) is 7.24. The Bertz CT molecular complexity index is 409. The van der Waals surface area contributed by atoms with Crippen molar-refractivity contribution < 1.29 is 14.7 Å². The van der Waals surface area contributed by atoms with Gasteiger partial charge in [-0.15, -0.1) is 0 Å². The van der Waals surface area contributed by atoms with E-state index in [0.29, 0.717) is 18.8 Å². The van der Waals surface area contributed by atoms with Gasteiger partial charge in [-0.2, -0.15) is 0 Å². The van der Waals surface area contributed by atoms with Gasteiger partial charge in [0.15, 0.2) is 0 Å². The number of carbonyl (C=O) groups excluding carboxylic acids is 1. The van der Waals surface area contributed by atoms with Crippen molar-refractivity contribution in [3.8, 4) is 0 Å². The van der Waals surface area contributed by atoms with Crippen molar-refractivity contribution in [1.29, 1.82) is 0 Å². The maximum atomic E-state index is 12.3. The van der Waals surface area contributed by atoms with Gasteiger partial charge in [0.05, 0.1) is 5.92 Å². The van der Waals surface area contributed by atoms with Crippen molar-refractivity contribution in [3.05, 3.63) is 0 Å². The number of carbonyl (C=O) groups is 2. The summed E-state index contributed by atoms with van der Waals surface area (Å²) >= 11 is 0. The predicted molar refractivity (Wildman–Crippen MR) is 75.0 cm³/mol. The number of rotatable bonds is 4. The topological polar surface area (TPSA) is 66.4 Å². The van der Waals surface area contributed by atoms with Crippen molar-refractivity contribution >= 4 is 11.9 Å². The van der Waals surface area contributed by atoms with Crippen LogP contribution in [0.15, 0.2) is 0 Å². The Morgan fingerprint density at radius 3 is 2.35 bits per heavy atom. The summed E-state index contributed by atoms with van der Waals surface area (Å²) in [6, 6.07) is 0.252. The van der Waals surface area contributed by atoms with Gasteiger partial charge in [-0.25, -0.2) is 0 Å². The average Bonchev–Trinajstić information content (AvgIpc) is 3.14. The molecule has 0 radical (unpaired) electrons. The van der Waals surface area contributed by atoms with E-state index in [0.717, 1.165) is 18.3 Å². The van der Waals surface area contributed by atoms with Gasteiger partial charge >= 0.3 is 5.97 Å². The third-order valence-corrected chi connectivity index (χ3v) is 5.96. The van der Waals surface area contributed by atoms with Crippen LogP contribution in [0.2, 0.25) is 0 Å². The third kappa shape index (κ3) is 2.57. The molecule has 6 atom stereocenters. The maximum absolute atomic E-state index is 12.3. The molecular weight excluding hydrogens is 254 g/mol. The SMILES string of the molecule is CC(NC(=O)C1CCC(C(=O)O)C1)C1CC2CCC1C2. The molecule has 0 heterocycles. The standard InChI is InChI=1S/C16H25NO3/c1-9(14-7-10-2-3-11(14)6-10)17-15(18)12-4-5-13(8-12)16(19)20/h9-14H,2-8H2,1H3,(H,17,18)(H,19,20). The molecule has 0 aromatic carbocycles. The van der Waals surface area contributed by atoms with Gasteiger partial charge in [-0.05, 0) is 63.2 Å². The second-order valence-corrected chi connectivity index (χ2v) is 7.18. The maximum Gasteiger partial charge on any atom is 0.306 e. The minimum absolute atomic E-state index is 0.0860. The highest BCUT2D eigenvalue weighted by molar-refractivity contribution is 5.81. The molecular formula is C16H25NO3. The molecule has 2 N–H and O–H groups in total. The van der Waals surface area contributed by atoms with Crippen molar-refractivity contribution in [2.45, 2.75) is 57.9 Å². The number of hydrogen-bond donors (Lipinski definition) is 2. The molecule has 0 spiro atoms. The molecule has 112 valence electrons. The third-order valence-electron chi connectivity index (χ3n) is 5.96. The second kappa shape index (κ2) is 5.38. The minimum Gasteiger partial charge on any atom is -0.481 e. The first-order chi connectivity index (χ1) is 9.54. The van der Waals surface area contributed by atoms with Crippen LogP contribution in [0.4, 0.5) is 0 Å². The summed E-state index contributed by atoms with van der Waals surface area (Å²) in [5, 5.41) is 12.2. The number of amides is 1. The summed E-state index contributed by atoms with van der Waals surface area (Å²) in [7, 11) is 0. The number of carboxylic acids is 1. The largest absolute Gasteiger partial charge is 0.481 e. The zero-order valence-electron chi connectivity index (χ0n) is 12.2. The molecule has 6 unspecified atom stereocenters.